The predicted octanol–water partition coefficient (Wildman–Crippen LogP) is 8.38. The highest BCUT2D eigenvalue weighted by molar-refractivity contribution is 6.36. The molecule has 49 heavy (non-hydrogen) atoms. The van der Waals surface area contributed by atoms with Crippen molar-refractivity contribution in [3.63, 3.8) is 0 Å². The Bertz CT molecular complexity index is 1830. The van der Waals surface area contributed by atoms with Gasteiger partial charge in [0, 0.05) is 53.2 Å². The first-order chi connectivity index (χ1) is 23.2. The second kappa shape index (κ2) is 14.7. The van der Waals surface area contributed by atoms with Crippen LogP contribution in [-0.2, 0) is 6.18 Å². The highest BCUT2D eigenvalue weighted by Gasteiger charge is 2.33. The Labute approximate surface area is 294 Å². The largest absolute Gasteiger partial charge is 0.433 e. The van der Waals surface area contributed by atoms with E-state index in [4.69, 9.17) is 23.2 Å². The minimum Gasteiger partial charge on any atom is -0.373 e. The molecule has 0 saturated carbocycles. The molecule has 1 atom stereocenters. The summed E-state index contributed by atoms with van der Waals surface area (Å²) in [5.74, 6) is 0. The molecule has 0 unspecified atom stereocenters. The van der Waals surface area contributed by atoms with Crippen molar-refractivity contribution >= 4 is 51.2 Å². The topological polar surface area (TPSA) is 104 Å². The van der Waals surface area contributed by atoms with Crippen LogP contribution in [0.5, 0.6) is 0 Å². The number of allylic oxidation sites excluding steroid dienone is 3. The number of halogens is 5. The van der Waals surface area contributed by atoms with Crippen LogP contribution < -0.4 is 21.6 Å². The number of hydrazine groups is 2. The average Bonchev–Trinajstić information content (AvgIpc) is 3.56. The number of pyridine rings is 2. The van der Waals surface area contributed by atoms with Crippen molar-refractivity contribution in [1.82, 2.24) is 30.8 Å². The SMILES string of the molecule is C=C(/C=C\C(Cl)=C/C)[C@H](Nc1cc(Cl)c2ncc(C#N)c(Nc3ccc(C(F)(F)F)nc3)c2c1)C1=CN(C2CCN(C(C)(C)C)CC2)NN1. The van der Waals surface area contributed by atoms with E-state index in [0.29, 0.717) is 37.9 Å². The minimum atomic E-state index is -4.58. The van der Waals surface area contributed by atoms with Crippen molar-refractivity contribution < 1.29 is 13.2 Å². The van der Waals surface area contributed by atoms with Crippen LogP contribution in [0.4, 0.5) is 30.2 Å². The zero-order valence-corrected chi connectivity index (χ0v) is 29.1. The van der Waals surface area contributed by atoms with Gasteiger partial charge in [-0.25, -0.2) is 4.98 Å². The van der Waals surface area contributed by atoms with E-state index in [1.807, 2.05) is 19.2 Å². The Kier molecular flexibility index (Phi) is 10.8. The summed E-state index contributed by atoms with van der Waals surface area (Å²) in [7, 11) is 0. The van der Waals surface area contributed by atoms with Crippen LogP contribution in [0.15, 0.2) is 84.0 Å². The third-order valence-corrected chi connectivity index (χ3v) is 9.14. The van der Waals surface area contributed by atoms with Gasteiger partial charge in [0.15, 0.2) is 0 Å². The maximum atomic E-state index is 13.1. The number of likely N-dealkylation sites (tertiary alicyclic amines) is 1. The Morgan fingerprint density at radius 1 is 1.12 bits per heavy atom. The Morgan fingerprint density at radius 2 is 1.86 bits per heavy atom. The van der Waals surface area contributed by atoms with E-state index in [9.17, 15) is 18.4 Å². The van der Waals surface area contributed by atoms with E-state index < -0.39 is 17.9 Å². The highest BCUT2D eigenvalue weighted by atomic mass is 35.5. The number of piperidine rings is 1. The number of fused-ring (bicyclic) bond motifs is 1. The molecule has 2 aromatic heterocycles. The number of hydrogen-bond acceptors (Lipinski definition) is 9. The van der Waals surface area contributed by atoms with Gasteiger partial charge in [-0.3, -0.25) is 14.9 Å². The molecule has 258 valence electrons. The summed E-state index contributed by atoms with van der Waals surface area (Å²) in [6, 6.07) is 7.53. The number of rotatable bonds is 9. The molecule has 4 heterocycles. The molecule has 4 N–H and O–H groups in total. The first kappa shape index (κ1) is 36.0. The Balaban J connectivity index is 1.48. The van der Waals surface area contributed by atoms with Crippen LogP contribution in [0.25, 0.3) is 10.9 Å². The number of hydrogen-bond donors (Lipinski definition) is 4. The molecule has 0 radical (unpaired) electrons. The summed E-state index contributed by atoms with van der Waals surface area (Å²) in [6.45, 7) is 14.8. The summed E-state index contributed by atoms with van der Waals surface area (Å²) in [6.07, 6.45) is 7.23. The van der Waals surface area contributed by atoms with Gasteiger partial charge in [0.05, 0.1) is 45.4 Å². The maximum absolute atomic E-state index is 13.1. The van der Waals surface area contributed by atoms with Crippen LogP contribution in [-0.4, -0.2) is 50.6 Å². The first-order valence-electron chi connectivity index (χ1n) is 15.7. The van der Waals surface area contributed by atoms with Gasteiger partial charge < -0.3 is 16.1 Å². The maximum Gasteiger partial charge on any atom is 0.433 e. The van der Waals surface area contributed by atoms with Gasteiger partial charge in [-0.05, 0) is 76.5 Å². The lowest BCUT2D eigenvalue weighted by Crippen LogP contribution is -2.52. The van der Waals surface area contributed by atoms with Gasteiger partial charge in [0.2, 0.25) is 0 Å². The minimum absolute atomic E-state index is 0.116. The number of anilines is 3. The smallest absolute Gasteiger partial charge is 0.373 e. The van der Waals surface area contributed by atoms with Crippen LogP contribution >= 0.6 is 23.2 Å². The molecule has 5 rings (SSSR count). The summed E-state index contributed by atoms with van der Waals surface area (Å²) in [5, 5.41) is 19.9. The van der Waals surface area contributed by atoms with E-state index in [0.717, 1.165) is 43.9 Å². The van der Waals surface area contributed by atoms with E-state index in [1.54, 1.807) is 24.3 Å². The number of alkyl halides is 3. The quantitative estimate of drug-likeness (QED) is 0.163. The van der Waals surface area contributed by atoms with Crippen molar-refractivity contribution in [2.75, 3.05) is 23.7 Å². The number of nitriles is 1. The van der Waals surface area contributed by atoms with Crippen molar-refractivity contribution in [3.05, 3.63) is 100 Å². The summed E-state index contributed by atoms with van der Waals surface area (Å²) in [4.78, 5) is 10.4. The molecule has 0 aliphatic carbocycles. The number of nitrogens with zero attached hydrogens (tertiary/aromatic N) is 5. The van der Waals surface area contributed by atoms with Gasteiger partial charge in [0.25, 0.3) is 0 Å². The monoisotopic (exact) mass is 711 g/mol. The molecular weight excluding hydrogens is 674 g/mol. The molecule has 0 spiro atoms. The van der Waals surface area contributed by atoms with Crippen molar-refractivity contribution in [2.24, 2.45) is 0 Å². The molecule has 14 heteroatoms. The second-order valence-electron chi connectivity index (χ2n) is 12.8. The van der Waals surface area contributed by atoms with E-state index in [1.165, 1.54) is 12.3 Å². The third kappa shape index (κ3) is 8.48. The first-order valence-corrected chi connectivity index (χ1v) is 16.5. The molecule has 1 aromatic carbocycles. The van der Waals surface area contributed by atoms with Gasteiger partial charge >= 0.3 is 6.18 Å². The fourth-order valence-corrected chi connectivity index (χ4v) is 6.09. The lowest BCUT2D eigenvalue weighted by Gasteiger charge is -2.42. The summed E-state index contributed by atoms with van der Waals surface area (Å²) < 4.78 is 39.4. The lowest BCUT2D eigenvalue weighted by molar-refractivity contribution is -0.141. The van der Waals surface area contributed by atoms with Crippen molar-refractivity contribution in [2.45, 2.75) is 64.3 Å². The molecule has 1 saturated heterocycles. The lowest BCUT2D eigenvalue weighted by atomic mass is 9.98. The van der Waals surface area contributed by atoms with Crippen LogP contribution in [0.2, 0.25) is 5.02 Å². The van der Waals surface area contributed by atoms with Crippen LogP contribution in [0, 0.1) is 11.3 Å². The van der Waals surface area contributed by atoms with E-state index in [-0.39, 0.29) is 22.8 Å². The van der Waals surface area contributed by atoms with E-state index in [2.05, 4.69) is 74.9 Å². The van der Waals surface area contributed by atoms with Gasteiger partial charge in [-0.2, -0.15) is 18.4 Å². The standard InChI is InChI=1S/C35H38Cl2F3N9/c1-6-23(36)8-7-21(2)31(29-20-49(47-46-29)26-11-13-48(14-12-26)34(3,4)5)45-25-15-27-32(22(17-41)18-43-33(27)28(37)16-25)44-24-9-10-30(42-19-24)35(38,39)40/h6-10,15-16,18-20,26,31,45-47H,2,11-14H2,1,3-5H3,(H,43,44)/b8-7-,23-6+/t31-/m0/s1. The zero-order chi connectivity index (χ0) is 35.5. The second-order valence-corrected chi connectivity index (χ2v) is 13.7. The molecular formula is C35H38Cl2F3N9. The zero-order valence-electron chi connectivity index (χ0n) is 27.6. The normalized spacial score (nSPS) is 17.2. The van der Waals surface area contributed by atoms with E-state index >= 15 is 0 Å². The molecule has 0 amide bonds. The Hall–Kier alpha value is -4.28. The molecule has 2 aliphatic heterocycles. The van der Waals surface area contributed by atoms with Crippen LogP contribution in [0.1, 0.15) is 51.8 Å². The van der Waals surface area contributed by atoms with Crippen molar-refractivity contribution in [3.8, 4) is 6.07 Å². The third-order valence-electron chi connectivity index (χ3n) is 8.51. The number of nitrogens with one attached hydrogen (secondary N) is 4. The number of aromatic nitrogens is 2. The van der Waals surface area contributed by atoms with Crippen LogP contribution in [0.3, 0.4) is 0 Å². The molecule has 9 nitrogen and oxygen atoms in total. The number of benzene rings is 1. The van der Waals surface area contributed by atoms with Gasteiger partial charge in [-0.1, -0.05) is 41.9 Å². The Morgan fingerprint density at radius 3 is 2.47 bits per heavy atom. The fourth-order valence-electron chi connectivity index (χ4n) is 5.76. The summed E-state index contributed by atoms with van der Waals surface area (Å²) in [5.41, 5.74) is 8.93. The summed E-state index contributed by atoms with van der Waals surface area (Å²) >= 11 is 13.0. The average molecular weight is 713 g/mol. The van der Waals surface area contributed by atoms with Gasteiger partial charge in [0.1, 0.15) is 11.8 Å². The fraction of sp³-hybridized carbons (Fsp3) is 0.343. The molecule has 1 fully saturated rings. The van der Waals surface area contributed by atoms with Crippen molar-refractivity contribution in [1.29, 1.82) is 5.26 Å². The van der Waals surface area contributed by atoms with Gasteiger partial charge in [-0.15, -0.1) is 5.53 Å². The molecule has 2 aliphatic rings. The predicted molar refractivity (Wildman–Crippen MR) is 190 cm³/mol. The highest BCUT2D eigenvalue weighted by Crippen LogP contribution is 2.36. The molecule has 3 aromatic rings. The molecule has 0 bridgehead atoms.